The van der Waals surface area contributed by atoms with Crippen LogP contribution in [-0.4, -0.2) is 50.9 Å². The Bertz CT molecular complexity index is 1710. The molecule has 0 spiro atoms. The van der Waals surface area contributed by atoms with Crippen molar-refractivity contribution >= 4 is 27.5 Å². The van der Waals surface area contributed by atoms with E-state index in [2.05, 4.69) is 5.32 Å². The van der Waals surface area contributed by atoms with Gasteiger partial charge in [0.2, 0.25) is 11.8 Å². The number of hydrogen-bond acceptors (Lipinski definition) is 5. The first kappa shape index (κ1) is 32.8. The molecule has 8 nitrogen and oxygen atoms in total. The van der Waals surface area contributed by atoms with Gasteiger partial charge in [0.15, 0.2) is 0 Å². The second-order valence-corrected chi connectivity index (χ2v) is 13.6. The Morgan fingerprint density at radius 3 is 2.11 bits per heavy atom. The number of hydrogen-bond donors (Lipinski definition) is 1. The van der Waals surface area contributed by atoms with E-state index in [-0.39, 0.29) is 29.8 Å². The quantitative estimate of drug-likeness (QED) is 0.197. The Morgan fingerprint density at radius 2 is 1.48 bits per heavy atom. The molecule has 4 aromatic carbocycles. The maximum atomic E-state index is 14.6. The van der Waals surface area contributed by atoms with Gasteiger partial charge < -0.3 is 15.0 Å². The summed E-state index contributed by atoms with van der Waals surface area (Å²) in [7, 11) is -2.63. The molecular weight excluding hydrogens is 598 g/mol. The summed E-state index contributed by atoms with van der Waals surface area (Å²) in [6, 6.07) is 31.2. The molecule has 1 saturated carbocycles. The van der Waals surface area contributed by atoms with Crippen LogP contribution in [0.25, 0.3) is 0 Å². The van der Waals surface area contributed by atoms with Gasteiger partial charge >= 0.3 is 0 Å². The van der Waals surface area contributed by atoms with Crippen molar-refractivity contribution in [3.8, 4) is 5.75 Å². The fourth-order valence-electron chi connectivity index (χ4n) is 5.93. The van der Waals surface area contributed by atoms with E-state index in [0.29, 0.717) is 11.4 Å². The molecule has 2 amide bonds. The SMILES string of the molecule is COc1ccc(N(CC(=O)N(Cc2cccc(C)c2)C(Cc2ccccc2)C(=O)NC2CCCC2)S(=O)(=O)c2ccccc2)cc1. The van der Waals surface area contributed by atoms with Crippen molar-refractivity contribution in [2.45, 2.75) is 62.6 Å². The van der Waals surface area contributed by atoms with Crippen LogP contribution in [0.15, 0.2) is 114 Å². The molecule has 0 bridgehead atoms. The van der Waals surface area contributed by atoms with E-state index in [0.717, 1.165) is 46.7 Å². The van der Waals surface area contributed by atoms with Crippen molar-refractivity contribution in [2.24, 2.45) is 0 Å². The maximum absolute atomic E-state index is 14.6. The molecule has 0 aliphatic heterocycles. The van der Waals surface area contributed by atoms with Crippen molar-refractivity contribution in [2.75, 3.05) is 18.0 Å². The first-order valence-electron chi connectivity index (χ1n) is 15.7. The lowest BCUT2D eigenvalue weighted by Crippen LogP contribution is -2.54. The van der Waals surface area contributed by atoms with Crippen LogP contribution < -0.4 is 14.4 Å². The lowest BCUT2D eigenvalue weighted by molar-refractivity contribution is -0.140. The van der Waals surface area contributed by atoms with Gasteiger partial charge in [-0.3, -0.25) is 13.9 Å². The molecule has 1 unspecified atom stereocenters. The first-order chi connectivity index (χ1) is 22.2. The molecule has 0 saturated heterocycles. The van der Waals surface area contributed by atoms with Crippen LogP contribution in [-0.2, 0) is 32.6 Å². The third-order valence-electron chi connectivity index (χ3n) is 8.38. The summed E-state index contributed by atoms with van der Waals surface area (Å²) in [5.41, 5.74) is 3.08. The number of benzene rings is 4. The van der Waals surface area contributed by atoms with Gasteiger partial charge in [-0.15, -0.1) is 0 Å². The van der Waals surface area contributed by atoms with E-state index in [9.17, 15) is 18.0 Å². The van der Waals surface area contributed by atoms with Crippen molar-refractivity contribution < 1.29 is 22.7 Å². The van der Waals surface area contributed by atoms with Gasteiger partial charge in [-0.2, -0.15) is 0 Å². The average Bonchev–Trinajstić information content (AvgIpc) is 3.59. The van der Waals surface area contributed by atoms with Crippen molar-refractivity contribution in [3.05, 3.63) is 126 Å². The largest absolute Gasteiger partial charge is 0.497 e. The molecule has 1 fully saturated rings. The molecule has 1 aliphatic carbocycles. The number of nitrogens with zero attached hydrogens (tertiary/aromatic N) is 2. The lowest BCUT2D eigenvalue weighted by Gasteiger charge is -2.34. The molecule has 4 aromatic rings. The summed E-state index contributed by atoms with van der Waals surface area (Å²) in [5, 5.41) is 3.21. The van der Waals surface area contributed by atoms with Crippen LogP contribution in [0.3, 0.4) is 0 Å². The minimum atomic E-state index is -4.16. The zero-order valence-corrected chi connectivity index (χ0v) is 27.2. The van der Waals surface area contributed by atoms with E-state index in [1.165, 1.54) is 19.2 Å². The number of carbonyl (C=O) groups is 2. The molecule has 1 aliphatic rings. The predicted molar refractivity (Wildman–Crippen MR) is 180 cm³/mol. The second-order valence-electron chi connectivity index (χ2n) is 11.7. The number of rotatable bonds is 13. The summed E-state index contributed by atoms with van der Waals surface area (Å²) in [4.78, 5) is 30.3. The number of anilines is 1. The van der Waals surface area contributed by atoms with E-state index < -0.39 is 28.5 Å². The van der Waals surface area contributed by atoms with Crippen LogP contribution in [0, 0.1) is 6.92 Å². The minimum absolute atomic E-state index is 0.0518. The van der Waals surface area contributed by atoms with Crippen LogP contribution in [0.1, 0.15) is 42.4 Å². The number of aryl methyl sites for hydroxylation is 1. The Kier molecular flexibility index (Phi) is 10.8. The van der Waals surface area contributed by atoms with Crippen molar-refractivity contribution in [1.29, 1.82) is 0 Å². The molecular formula is C37H41N3O5S. The average molecular weight is 640 g/mol. The Hall–Kier alpha value is -4.63. The number of methoxy groups -OCH3 is 1. The van der Waals surface area contributed by atoms with Crippen LogP contribution in [0.4, 0.5) is 5.69 Å². The zero-order chi connectivity index (χ0) is 32.5. The van der Waals surface area contributed by atoms with Crippen LogP contribution in [0.5, 0.6) is 5.75 Å². The fraction of sp³-hybridized carbons (Fsp3) is 0.297. The fourth-order valence-corrected chi connectivity index (χ4v) is 7.36. The Morgan fingerprint density at radius 1 is 0.848 bits per heavy atom. The van der Waals surface area contributed by atoms with Gasteiger partial charge in [0, 0.05) is 19.0 Å². The van der Waals surface area contributed by atoms with E-state index in [1.807, 2.05) is 61.5 Å². The third kappa shape index (κ3) is 8.14. The van der Waals surface area contributed by atoms with Crippen LogP contribution >= 0.6 is 0 Å². The maximum Gasteiger partial charge on any atom is 0.264 e. The van der Waals surface area contributed by atoms with Gasteiger partial charge in [0.25, 0.3) is 10.0 Å². The third-order valence-corrected chi connectivity index (χ3v) is 10.2. The number of amides is 2. The van der Waals surface area contributed by atoms with Crippen molar-refractivity contribution in [1.82, 2.24) is 10.2 Å². The monoisotopic (exact) mass is 639 g/mol. The van der Waals surface area contributed by atoms with E-state index >= 15 is 0 Å². The molecule has 5 rings (SSSR count). The summed E-state index contributed by atoms with van der Waals surface area (Å²) >= 11 is 0. The predicted octanol–water partition coefficient (Wildman–Crippen LogP) is 5.90. The minimum Gasteiger partial charge on any atom is -0.497 e. The van der Waals surface area contributed by atoms with E-state index in [1.54, 1.807) is 47.4 Å². The lowest BCUT2D eigenvalue weighted by atomic mass is 10.0. The summed E-state index contributed by atoms with van der Waals surface area (Å²) in [5.74, 6) is -0.169. The molecule has 240 valence electrons. The molecule has 0 radical (unpaired) electrons. The molecule has 46 heavy (non-hydrogen) atoms. The highest BCUT2D eigenvalue weighted by Crippen LogP contribution is 2.27. The number of nitrogens with one attached hydrogen (secondary N) is 1. The molecule has 0 heterocycles. The second kappa shape index (κ2) is 15.1. The molecule has 0 aromatic heterocycles. The number of sulfonamides is 1. The van der Waals surface area contributed by atoms with Gasteiger partial charge in [-0.25, -0.2) is 8.42 Å². The topological polar surface area (TPSA) is 96.0 Å². The zero-order valence-electron chi connectivity index (χ0n) is 26.3. The van der Waals surface area contributed by atoms with E-state index in [4.69, 9.17) is 4.74 Å². The Balaban J connectivity index is 1.56. The number of ether oxygens (including phenoxy) is 1. The highest BCUT2D eigenvalue weighted by Gasteiger charge is 2.35. The Labute approximate surface area is 272 Å². The van der Waals surface area contributed by atoms with Crippen molar-refractivity contribution in [3.63, 3.8) is 0 Å². The van der Waals surface area contributed by atoms with Gasteiger partial charge in [0.1, 0.15) is 18.3 Å². The normalized spacial score (nSPS) is 14.0. The molecule has 9 heteroatoms. The summed E-state index contributed by atoms with van der Waals surface area (Å²) in [6.07, 6.45) is 4.18. The highest BCUT2D eigenvalue weighted by molar-refractivity contribution is 7.92. The summed E-state index contributed by atoms with van der Waals surface area (Å²) in [6.45, 7) is 1.61. The highest BCUT2D eigenvalue weighted by atomic mass is 32.2. The first-order valence-corrected chi connectivity index (χ1v) is 17.1. The molecule has 1 atom stereocenters. The number of carbonyl (C=O) groups excluding carboxylic acids is 2. The summed E-state index contributed by atoms with van der Waals surface area (Å²) < 4.78 is 34.6. The van der Waals surface area contributed by atoms with Gasteiger partial charge in [-0.1, -0.05) is 91.2 Å². The smallest absolute Gasteiger partial charge is 0.264 e. The van der Waals surface area contributed by atoms with Gasteiger partial charge in [-0.05, 0) is 67.3 Å². The van der Waals surface area contributed by atoms with Gasteiger partial charge in [0.05, 0.1) is 17.7 Å². The standard InChI is InChI=1S/C37H41N3O5S/c1-28-12-11-15-30(24-28)26-39(35(25-29-13-5-3-6-14-29)37(42)38-31-16-9-10-17-31)36(41)27-40(32-20-22-33(45-2)23-21-32)46(43,44)34-18-7-4-8-19-34/h3-8,11-15,18-24,31,35H,9-10,16-17,25-27H2,1-2H3,(H,38,42). The van der Waals surface area contributed by atoms with Crippen LogP contribution in [0.2, 0.25) is 0 Å². The molecule has 1 N–H and O–H groups in total.